The highest BCUT2D eigenvalue weighted by atomic mass is 16.2. The molecule has 4 N–H and O–H groups in total. The molecule has 3 aromatic carbocycles. The van der Waals surface area contributed by atoms with Gasteiger partial charge in [-0.1, -0.05) is 24.3 Å². The molecule has 0 bridgehead atoms. The molecule has 0 atom stereocenters. The van der Waals surface area contributed by atoms with E-state index in [0.717, 1.165) is 10.9 Å². The smallest absolute Gasteiger partial charge is 0.261 e. The third-order valence-electron chi connectivity index (χ3n) is 4.35. The van der Waals surface area contributed by atoms with E-state index in [1.807, 2.05) is 18.2 Å². The molecular weight excluding hydrogens is 302 g/mol. The second-order valence-corrected chi connectivity index (χ2v) is 5.87. The highest BCUT2D eigenvalue weighted by molar-refractivity contribution is 6.26. The van der Waals surface area contributed by atoms with Crippen LogP contribution in [0.2, 0.25) is 0 Å². The molecule has 118 valence electrons. The fourth-order valence-electron chi connectivity index (χ4n) is 3.12. The first-order valence-corrected chi connectivity index (χ1v) is 7.58. The van der Waals surface area contributed by atoms with Gasteiger partial charge in [-0.15, -0.1) is 0 Å². The number of anilines is 2. The van der Waals surface area contributed by atoms with Crippen molar-refractivity contribution in [2.24, 2.45) is 0 Å². The van der Waals surface area contributed by atoms with Crippen LogP contribution in [0.15, 0.2) is 54.6 Å². The first-order chi connectivity index (χ1) is 11.6. The summed E-state index contributed by atoms with van der Waals surface area (Å²) in [5, 5.41) is 1.37. The van der Waals surface area contributed by atoms with Crippen LogP contribution >= 0.6 is 0 Å². The van der Waals surface area contributed by atoms with Crippen LogP contribution in [0.3, 0.4) is 0 Å². The molecule has 0 fully saturated rings. The van der Waals surface area contributed by atoms with Gasteiger partial charge in [0.1, 0.15) is 0 Å². The number of rotatable bonds is 2. The molecule has 4 rings (SSSR count). The summed E-state index contributed by atoms with van der Waals surface area (Å²) in [7, 11) is 0. The highest BCUT2D eigenvalue weighted by Crippen LogP contribution is 2.33. The van der Waals surface area contributed by atoms with Gasteiger partial charge in [-0.25, -0.2) is 0 Å². The third-order valence-corrected chi connectivity index (χ3v) is 4.35. The summed E-state index contributed by atoms with van der Waals surface area (Å²) in [6.45, 7) is 0.206. The fraction of sp³-hybridized carbons (Fsp3) is 0.0526. The fourth-order valence-corrected chi connectivity index (χ4v) is 3.12. The van der Waals surface area contributed by atoms with Crippen LogP contribution in [0.5, 0.6) is 0 Å². The van der Waals surface area contributed by atoms with Gasteiger partial charge in [-0.2, -0.15) is 0 Å². The molecule has 5 nitrogen and oxygen atoms in total. The van der Waals surface area contributed by atoms with Crippen molar-refractivity contribution >= 4 is 34.0 Å². The molecule has 1 aliphatic heterocycles. The predicted octanol–water partition coefficient (Wildman–Crippen LogP) is 2.80. The molecule has 0 saturated carbocycles. The topological polar surface area (TPSA) is 89.4 Å². The average molecular weight is 317 g/mol. The van der Waals surface area contributed by atoms with Crippen molar-refractivity contribution in [2.75, 3.05) is 11.5 Å². The molecule has 1 heterocycles. The van der Waals surface area contributed by atoms with Crippen molar-refractivity contribution in [1.29, 1.82) is 0 Å². The molecule has 3 aromatic rings. The minimum absolute atomic E-state index is 0.206. The van der Waals surface area contributed by atoms with Crippen molar-refractivity contribution in [3.8, 4) is 0 Å². The summed E-state index contributed by atoms with van der Waals surface area (Å²) in [6, 6.07) is 15.9. The molecule has 5 heteroatoms. The summed E-state index contributed by atoms with van der Waals surface area (Å²) in [5.41, 5.74) is 14.7. The zero-order chi connectivity index (χ0) is 16.8. The second kappa shape index (κ2) is 5.09. The van der Waals surface area contributed by atoms with Crippen LogP contribution in [0, 0.1) is 0 Å². The van der Waals surface area contributed by atoms with Gasteiger partial charge < -0.3 is 11.5 Å². The molecule has 0 aliphatic carbocycles. The number of carbonyl (C=O) groups excluding carboxylic acids is 2. The Morgan fingerprint density at radius 2 is 1.46 bits per heavy atom. The lowest BCUT2D eigenvalue weighted by Crippen LogP contribution is -2.39. The average Bonchev–Trinajstić information content (AvgIpc) is 2.59. The second-order valence-electron chi connectivity index (χ2n) is 5.87. The van der Waals surface area contributed by atoms with E-state index in [-0.39, 0.29) is 18.4 Å². The van der Waals surface area contributed by atoms with E-state index in [2.05, 4.69) is 0 Å². The molecule has 0 aromatic heterocycles. The van der Waals surface area contributed by atoms with Gasteiger partial charge in [0.25, 0.3) is 11.8 Å². The van der Waals surface area contributed by atoms with Gasteiger partial charge >= 0.3 is 0 Å². The largest absolute Gasteiger partial charge is 0.399 e. The maximum absolute atomic E-state index is 12.8. The lowest BCUT2D eigenvalue weighted by molar-refractivity contribution is 0.0598. The zero-order valence-electron chi connectivity index (χ0n) is 12.8. The Labute approximate surface area is 138 Å². The van der Waals surface area contributed by atoms with Crippen LogP contribution < -0.4 is 11.5 Å². The van der Waals surface area contributed by atoms with Crippen molar-refractivity contribution in [1.82, 2.24) is 4.90 Å². The standard InChI is InChI=1S/C19H15N3O2/c20-12-6-4-11(5-7-12)10-22-18(23)14-3-1-2-13-16(21)9-8-15(17(13)14)19(22)24/h1-9H,10,20-21H2. The number of nitrogens with zero attached hydrogens (tertiary/aromatic N) is 1. The summed E-state index contributed by atoms with van der Waals surface area (Å²) in [4.78, 5) is 26.9. The normalized spacial score (nSPS) is 13.6. The lowest BCUT2D eigenvalue weighted by Gasteiger charge is -2.27. The van der Waals surface area contributed by atoms with Gasteiger partial charge in [0, 0.05) is 33.3 Å². The van der Waals surface area contributed by atoms with E-state index in [1.165, 1.54) is 4.90 Å². The quantitative estimate of drug-likeness (QED) is 0.562. The maximum atomic E-state index is 12.8. The highest BCUT2D eigenvalue weighted by Gasteiger charge is 2.33. The number of benzene rings is 3. The Morgan fingerprint density at radius 1 is 0.792 bits per heavy atom. The summed E-state index contributed by atoms with van der Waals surface area (Å²) < 4.78 is 0. The molecule has 24 heavy (non-hydrogen) atoms. The Balaban J connectivity index is 1.83. The SMILES string of the molecule is Nc1ccc(CN2C(=O)c3cccc4c(N)ccc(c34)C2=O)cc1. The minimum Gasteiger partial charge on any atom is -0.399 e. The Morgan fingerprint density at radius 3 is 2.17 bits per heavy atom. The molecule has 0 saturated heterocycles. The summed E-state index contributed by atoms with van der Waals surface area (Å²) >= 11 is 0. The van der Waals surface area contributed by atoms with Crippen LogP contribution in [0.4, 0.5) is 11.4 Å². The number of hydrogen-bond acceptors (Lipinski definition) is 4. The van der Waals surface area contributed by atoms with Crippen LogP contribution in [-0.2, 0) is 6.54 Å². The van der Waals surface area contributed by atoms with Crippen molar-refractivity contribution in [3.05, 3.63) is 71.3 Å². The first kappa shape index (κ1) is 14.3. The molecule has 0 radical (unpaired) electrons. The van der Waals surface area contributed by atoms with Crippen LogP contribution in [0.25, 0.3) is 10.8 Å². The van der Waals surface area contributed by atoms with Crippen LogP contribution in [0.1, 0.15) is 26.3 Å². The molecular formula is C19H15N3O2. The Kier molecular flexibility index (Phi) is 3.03. The van der Waals surface area contributed by atoms with Crippen molar-refractivity contribution < 1.29 is 9.59 Å². The number of amides is 2. The van der Waals surface area contributed by atoms with Crippen LogP contribution in [-0.4, -0.2) is 16.7 Å². The third kappa shape index (κ3) is 2.02. The lowest BCUT2D eigenvalue weighted by atomic mass is 9.93. The van der Waals surface area contributed by atoms with E-state index < -0.39 is 0 Å². The molecule has 2 amide bonds. The van der Waals surface area contributed by atoms with E-state index in [4.69, 9.17) is 11.5 Å². The predicted molar refractivity (Wildman–Crippen MR) is 93.4 cm³/mol. The van der Waals surface area contributed by atoms with Crippen molar-refractivity contribution in [3.63, 3.8) is 0 Å². The number of hydrogen-bond donors (Lipinski definition) is 2. The van der Waals surface area contributed by atoms with E-state index in [9.17, 15) is 9.59 Å². The number of imide groups is 1. The van der Waals surface area contributed by atoms with E-state index in [0.29, 0.717) is 27.9 Å². The Bertz CT molecular complexity index is 971. The molecule has 1 aliphatic rings. The first-order valence-electron chi connectivity index (χ1n) is 7.58. The zero-order valence-corrected chi connectivity index (χ0v) is 12.8. The minimum atomic E-state index is -0.305. The summed E-state index contributed by atoms with van der Waals surface area (Å²) in [5.74, 6) is -0.610. The van der Waals surface area contributed by atoms with Gasteiger partial charge in [0.2, 0.25) is 0 Å². The van der Waals surface area contributed by atoms with Gasteiger partial charge in [-0.05, 0) is 35.9 Å². The molecule has 0 unspecified atom stereocenters. The monoisotopic (exact) mass is 317 g/mol. The van der Waals surface area contributed by atoms with Gasteiger partial charge in [0.15, 0.2) is 0 Å². The van der Waals surface area contributed by atoms with E-state index in [1.54, 1.807) is 36.4 Å². The van der Waals surface area contributed by atoms with Gasteiger partial charge in [0.05, 0.1) is 6.54 Å². The number of nitrogen functional groups attached to an aromatic ring is 2. The summed E-state index contributed by atoms with van der Waals surface area (Å²) in [6.07, 6.45) is 0. The maximum Gasteiger partial charge on any atom is 0.261 e. The molecule has 0 spiro atoms. The number of carbonyl (C=O) groups is 2. The van der Waals surface area contributed by atoms with Gasteiger partial charge in [-0.3, -0.25) is 14.5 Å². The van der Waals surface area contributed by atoms with E-state index >= 15 is 0 Å². The Hall–Kier alpha value is -3.34. The number of nitrogens with two attached hydrogens (primary N) is 2. The van der Waals surface area contributed by atoms with Crippen molar-refractivity contribution in [2.45, 2.75) is 6.54 Å².